The lowest BCUT2D eigenvalue weighted by Gasteiger charge is -2.15. The van der Waals surface area contributed by atoms with Crippen molar-refractivity contribution in [1.29, 1.82) is 0 Å². The van der Waals surface area contributed by atoms with Gasteiger partial charge in [0.15, 0.2) is 0 Å². The monoisotopic (exact) mass is 236 g/mol. The number of nitrogens with one attached hydrogen (secondary N) is 1. The van der Waals surface area contributed by atoms with Crippen LogP contribution in [0.1, 0.15) is 25.3 Å². The topological polar surface area (TPSA) is 75.3 Å². The van der Waals surface area contributed by atoms with Crippen molar-refractivity contribution in [3.8, 4) is 0 Å². The minimum atomic E-state index is -0.0316. The standard InChI is InChI=1S/C13H20N2O2/c1-2-12(6-7-16)15-13(17)9-10-4-3-5-11(14)8-10/h3-5,8,12,16H,2,6-7,9,14H2,1H3,(H,15,17). The molecule has 0 radical (unpaired) electrons. The van der Waals surface area contributed by atoms with E-state index >= 15 is 0 Å². The molecule has 94 valence electrons. The highest BCUT2D eigenvalue weighted by Crippen LogP contribution is 2.07. The third-order valence-electron chi connectivity index (χ3n) is 2.65. The maximum atomic E-state index is 11.7. The van der Waals surface area contributed by atoms with Crippen LogP contribution in [0.15, 0.2) is 24.3 Å². The van der Waals surface area contributed by atoms with Crippen LogP contribution in [0.4, 0.5) is 5.69 Å². The minimum Gasteiger partial charge on any atom is -0.399 e. The van der Waals surface area contributed by atoms with Crippen molar-refractivity contribution in [2.24, 2.45) is 0 Å². The number of amides is 1. The molecule has 4 nitrogen and oxygen atoms in total. The maximum absolute atomic E-state index is 11.7. The van der Waals surface area contributed by atoms with E-state index in [0.29, 0.717) is 18.5 Å². The molecule has 4 N–H and O–H groups in total. The fraction of sp³-hybridized carbons (Fsp3) is 0.462. The summed E-state index contributed by atoms with van der Waals surface area (Å²) in [4.78, 5) is 11.7. The average molecular weight is 236 g/mol. The predicted molar refractivity (Wildman–Crippen MR) is 68.5 cm³/mol. The van der Waals surface area contributed by atoms with Gasteiger partial charge in [0.05, 0.1) is 6.42 Å². The number of anilines is 1. The number of hydrogen-bond donors (Lipinski definition) is 3. The zero-order valence-electron chi connectivity index (χ0n) is 10.1. The van der Waals surface area contributed by atoms with E-state index in [1.807, 2.05) is 19.1 Å². The van der Waals surface area contributed by atoms with E-state index in [1.54, 1.807) is 12.1 Å². The Hall–Kier alpha value is -1.55. The van der Waals surface area contributed by atoms with E-state index in [2.05, 4.69) is 5.32 Å². The van der Waals surface area contributed by atoms with Gasteiger partial charge in [0.25, 0.3) is 0 Å². The fourth-order valence-electron chi connectivity index (χ4n) is 1.70. The molecule has 1 amide bonds. The van der Waals surface area contributed by atoms with Crippen LogP contribution in [0.2, 0.25) is 0 Å². The van der Waals surface area contributed by atoms with Crippen molar-refractivity contribution in [3.05, 3.63) is 29.8 Å². The van der Waals surface area contributed by atoms with E-state index in [1.165, 1.54) is 0 Å². The molecule has 4 heteroatoms. The zero-order chi connectivity index (χ0) is 12.7. The number of benzene rings is 1. The van der Waals surface area contributed by atoms with Crippen LogP contribution >= 0.6 is 0 Å². The van der Waals surface area contributed by atoms with Gasteiger partial charge >= 0.3 is 0 Å². The summed E-state index contributed by atoms with van der Waals surface area (Å²) < 4.78 is 0. The first-order valence-corrected chi connectivity index (χ1v) is 5.90. The van der Waals surface area contributed by atoms with E-state index in [0.717, 1.165) is 12.0 Å². The molecule has 0 saturated carbocycles. The van der Waals surface area contributed by atoms with Gasteiger partial charge in [-0.1, -0.05) is 19.1 Å². The average Bonchev–Trinajstić information content (AvgIpc) is 2.28. The summed E-state index contributed by atoms with van der Waals surface area (Å²) in [7, 11) is 0. The van der Waals surface area contributed by atoms with Crippen molar-refractivity contribution in [1.82, 2.24) is 5.32 Å². The zero-order valence-corrected chi connectivity index (χ0v) is 10.1. The van der Waals surface area contributed by atoms with Crippen LogP contribution < -0.4 is 11.1 Å². The Balaban J connectivity index is 2.49. The molecule has 0 aliphatic heterocycles. The molecule has 0 aliphatic carbocycles. The normalized spacial score (nSPS) is 12.1. The second kappa shape index (κ2) is 6.91. The van der Waals surface area contributed by atoms with Crippen LogP contribution in [-0.4, -0.2) is 23.7 Å². The summed E-state index contributed by atoms with van der Waals surface area (Å²) >= 11 is 0. The number of aliphatic hydroxyl groups excluding tert-OH is 1. The van der Waals surface area contributed by atoms with Crippen molar-refractivity contribution >= 4 is 11.6 Å². The van der Waals surface area contributed by atoms with Crippen molar-refractivity contribution in [2.45, 2.75) is 32.2 Å². The van der Waals surface area contributed by atoms with Gasteiger partial charge in [-0.15, -0.1) is 0 Å². The first-order valence-electron chi connectivity index (χ1n) is 5.90. The van der Waals surface area contributed by atoms with Gasteiger partial charge in [-0.05, 0) is 30.5 Å². The van der Waals surface area contributed by atoms with Crippen LogP contribution in [0.25, 0.3) is 0 Å². The smallest absolute Gasteiger partial charge is 0.224 e. The van der Waals surface area contributed by atoms with Crippen LogP contribution in [0.5, 0.6) is 0 Å². The Morgan fingerprint density at radius 2 is 2.29 bits per heavy atom. The molecule has 0 aromatic heterocycles. The lowest BCUT2D eigenvalue weighted by atomic mass is 10.1. The van der Waals surface area contributed by atoms with Gasteiger partial charge in [0.2, 0.25) is 5.91 Å². The second-order valence-electron chi connectivity index (χ2n) is 4.11. The van der Waals surface area contributed by atoms with E-state index in [4.69, 9.17) is 10.8 Å². The van der Waals surface area contributed by atoms with Gasteiger partial charge in [-0.3, -0.25) is 4.79 Å². The van der Waals surface area contributed by atoms with E-state index in [9.17, 15) is 4.79 Å². The van der Waals surface area contributed by atoms with Crippen LogP contribution in [-0.2, 0) is 11.2 Å². The van der Waals surface area contributed by atoms with Crippen LogP contribution in [0.3, 0.4) is 0 Å². The molecule has 0 fully saturated rings. The third-order valence-corrected chi connectivity index (χ3v) is 2.65. The number of rotatable bonds is 6. The van der Waals surface area contributed by atoms with Crippen LogP contribution in [0, 0.1) is 0 Å². The Kier molecular flexibility index (Phi) is 5.49. The summed E-state index contributed by atoms with van der Waals surface area (Å²) in [5.41, 5.74) is 7.21. The highest BCUT2D eigenvalue weighted by Gasteiger charge is 2.10. The molecule has 1 rings (SSSR count). The van der Waals surface area contributed by atoms with Gasteiger partial charge in [0, 0.05) is 18.3 Å². The first-order chi connectivity index (χ1) is 8.15. The SMILES string of the molecule is CCC(CCO)NC(=O)Cc1cccc(N)c1. The molecule has 1 unspecified atom stereocenters. The Labute approximate surface area is 102 Å². The molecular formula is C13H20N2O2. The number of aliphatic hydroxyl groups is 1. The third kappa shape index (κ3) is 4.87. The molecule has 0 spiro atoms. The summed E-state index contributed by atoms with van der Waals surface area (Å²) in [6, 6.07) is 7.36. The van der Waals surface area contributed by atoms with Gasteiger partial charge < -0.3 is 16.2 Å². The summed E-state index contributed by atoms with van der Waals surface area (Å²) in [6.07, 6.45) is 1.75. The maximum Gasteiger partial charge on any atom is 0.224 e. The molecule has 0 heterocycles. The van der Waals surface area contributed by atoms with Gasteiger partial charge in [0.1, 0.15) is 0 Å². The van der Waals surface area contributed by atoms with E-state index in [-0.39, 0.29) is 18.6 Å². The van der Waals surface area contributed by atoms with Crippen molar-refractivity contribution < 1.29 is 9.90 Å². The van der Waals surface area contributed by atoms with E-state index < -0.39 is 0 Å². The van der Waals surface area contributed by atoms with Gasteiger partial charge in [-0.2, -0.15) is 0 Å². The summed E-state index contributed by atoms with van der Waals surface area (Å²) in [5, 5.41) is 11.7. The van der Waals surface area contributed by atoms with Crippen molar-refractivity contribution in [3.63, 3.8) is 0 Å². The molecule has 0 bridgehead atoms. The van der Waals surface area contributed by atoms with Gasteiger partial charge in [-0.25, -0.2) is 0 Å². The summed E-state index contributed by atoms with van der Waals surface area (Å²) in [5.74, 6) is -0.0316. The molecule has 17 heavy (non-hydrogen) atoms. The second-order valence-corrected chi connectivity index (χ2v) is 4.11. The number of nitrogens with two attached hydrogens (primary N) is 1. The molecule has 0 saturated heterocycles. The largest absolute Gasteiger partial charge is 0.399 e. The molecule has 1 aromatic rings. The predicted octanol–water partition coefficient (Wildman–Crippen LogP) is 1.09. The minimum absolute atomic E-state index is 0.0316. The lowest BCUT2D eigenvalue weighted by molar-refractivity contribution is -0.121. The molecular weight excluding hydrogens is 216 g/mol. The Bertz CT molecular complexity index is 366. The Morgan fingerprint density at radius 1 is 1.53 bits per heavy atom. The number of carbonyl (C=O) groups excluding carboxylic acids is 1. The number of hydrogen-bond acceptors (Lipinski definition) is 3. The fourth-order valence-corrected chi connectivity index (χ4v) is 1.70. The lowest BCUT2D eigenvalue weighted by Crippen LogP contribution is -2.36. The molecule has 1 aromatic carbocycles. The summed E-state index contributed by atoms with van der Waals surface area (Å²) in [6.45, 7) is 2.08. The molecule has 0 aliphatic rings. The molecule has 1 atom stereocenters. The van der Waals surface area contributed by atoms with Crippen molar-refractivity contribution in [2.75, 3.05) is 12.3 Å². The quantitative estimate of drug-likeness (QED) is 0.647. The highest BCUT2D eigenvalue weighted by molar-refractivity contribution is 5.79. The highest BCUT2D eigenvalue weighted by atomic mass is 16.3. The number of carbonyl (C=O) groups is 1. The number of nitrogen functional groups attached to an aromatic ring is 1. The Morgan fingerprint density at radius 3 is 2.88 bits per heavy atom. The first kappa shape index (κ1) is 13.5.